The second kappa shape index (κ2) is 9.13. The maximum atomic E-state index is 12.2. The molecule has 0 radical (unpaired) electrons. The molecular formula is C19H21NO3S. The van der Waals surface area contributed by atoms with E-state index in [9.17, 15) is 9.59 Å². The Labute approximate surface area is 146 Å². The lowest BCUT2D eigenvalue weighted by Gasteiger charge is -2.12. The second-order valence-corrected chi connectivity index (χ2v) is 6.67. The number of amides is 1. The van der Waals surface area contributed by atoms with E-state index in [4.69, 9.17) is 0 Å². The van der Waals surface area contributed by atoms with Crippen LogP contribution in [0.2, 0.25) is 0 Å². The lowest BCUT2D eigenvalue weighted by Crippen LogP contribution is -2.30. The number of thioether (sulfide) groups is 1. The smallest absolute Gasteiger partial charge is 0.337 e. The summed E-state index contributed by atoms with van der Waals surface area (Å²) in [7, 11) is 1.35. The lowest BCUT2D eigenvalue weighted by molar-refractivity contribution is -0.120. The Morgan fingerprint density at radius 1 is 1.04 bits per heavy atom. The van der Waals surface area contributed by atoms with Crippen LogP contribution < -0.4 is 5.32 Å². The third-order valence-corrected chi connectivity index (χ3v) is 4.77. The van der Waals surface area contributed by atoms with Crippen LogP contribution >= 0.6 is 11.8 Å². The zero-order chi connectivity index (χ0) is 17.4. The first kappa shape index (κ1) is 18.1. The highest BCUT2D eigenvalue weighted by atomic mass is 32.2. The van der Waals surface area contributed by atoms with E-state index in [0.29, 0.717) is 12.1 Å². The fraction of sp³-hybridized carbons (Fsp3) is 0.263. The predicted octanol–water partition coefficient (Wildman–Crippen LogP) is 3.41. The summed E-state index contributed by atoms with van der Waals surface area (Å²) in [6.45, 7) is 2.35. The van der Waals surface area contributed by atoms with Gasteiger partial charge in [0.15, 0.2) is 0 Å². The summed E-state index contributed by atoms with van der Waals surface area (Å²) in [6.07, 6.45) is 0. The van der Waals surface area contributed by atoms with Crippen LogP contribution in [0.15, 0.2) is 54.6 Å². The number of rotatable bonds is 7. The van der Waals surface area contributed by atoms with Crippen molar-refractivity contribution in [2.45, 2.75) is 24.5 Å². The molecule has 126 valence electrons. The zero-order valence-electron chi connectivity index (χ0n) is 13.8. The van der Waals surface area contributed by atoms with Crippen molar-refractivity contribution in [3.8, 4) is 0 Å². The van der Waals surface area contributed by atoms with Gasteiger partial charge in [-0.1, -0.05) is 42.5 Å². The average Bonchev–Trinajstić information content (AvgIpc) is 2.64. The molecule has 24 heavy (non-hydrogen) atoms. The third kappa shape index (κ3) is 5.42. The van der Waals surface area contributed by atoms with E-state index in [1.807, 2.05) is 37.3 Å². The van der Waals surface area contributed by atoms with Gasteiger partial charge in [0.25, 0.3) is 0 Å². The van der Waals surface area contributed by atoms with Crippen LogP contribution in [0.25, 0.3) is 0 Å². The lowest BCUT2D eigenvalue weighted by atomic mass is 10.1. The van der Waals surface area contributed by atoms with Crippen LogP contribution in [0, 0.1) is 0 Å². The Kier molecular flexibility index (Phi) is 6.88. The molecule has 0 aliphatic heterocycles. The highest BCUT2D eigenvalue weighted by molar-refractivity contribution is 7.99. The van der Waals surface area contributed by atoms with Gasteiger partial charge in [-0.2, -0.15) is 0 Å². The molecule has 0 spiro atoms. The first-order valence-corrected chi connectivity index (χ1v) is 8.75. The number of carbonyl (C=O) groups excluding carboxylic acids is 2. The van der Waals surface area contributed by atoms with Gasteiger partial charge in [-0.25, -0.2) is 4.79 Å². The Balaban J connectivity index is 1.78. The van der Waals surface area contributed by atoms with Gasteiger partial charge in [0.05, 0.1) is 17.9 Å². The first-order valence-electron chi connectivity index (χ1n) is 7.70. The molecule has 2 rings (SSSR count). The molecule has 0 aliphatic carbocycles. The average molecular weight is 343 g/mol. The quantitative estimate of drug-likeness (QED) is 0.783. The number of hydrogen-bond donors (Lipinski definition) is 1. The summed E-state index contributed by atoms with van der Waals surface area (Å²) in [5.74, 6) is 0.452. The van der Waals surface area contributed by atoms with Crippen molar-refractivity contribution in [1.82, 2.24) is 5.32 Å². The van der Waals surface area contributed by atoms with Gasteiger partial charge in [0, 0.05) is 12.3 Å². The van der Waals surface area contributed by atoms with E-state index in [2.05, 4.69) is 22.2 Å². The molecular weight excluding hydrogens is 322 g/mol. The van der Waals surface area contributed by atoms with Crippen LogP contribution in [-0.2, 0) is 21.8 Å². The highest BCUT2D eigenvalue weighted by Crippen LogP contribution is 2.17. The van der Waals surface area contributed by atoms with Crippen molar-refractivity contribution in [3.05, 3.63) is 71.3 Å². The van der Waals surface area contributed by atoms with Crippen molar-refractivity contribution >= 4 is 23.6 Å². The van der Waals surface area contributed by atoms with Crippen molar-refractivity contribution < 1.29 is 14.3 Å². The van der Waals surface area contributed by atoms with E-state index in [-0.39, 0.29) is 17.1 Å². The number of esters is 1. The van der Waals surface area contributed by atoms with Crippen molar-refractivity contribution in [2.75, 3.05) is 7.11 Å². The SMILES string of the molecule is COC(=O)c1ccc(CNC(=O)C(C)SCc2ccccc2)cc1. The summed E-state index contributed by atoms with van der Waals surface area (Å²) in [4.78, 5) is 23.5. The van der Waals surface area contributed by atoms with Gasteiger partial charge < -0.3 is 10.1 Å². The highest BCUT2D eigenvalue weighted by Gasteiger charge is 2.13. The molecule has 1 atom stereocenters. The number of hydrogen-bond acceptors (Lipinski definition) is 4. The molecule has 0 fully saturated rings. The van der Waals surface area contributed by atoms with Crippen LogP contribution in [-0.4, -0.2) is 24.2 Å². The fourth-order valence-electron chi connectivity index (χ4n) is 2.08. The number of methoxy groups -OCH3 is 1. The molecule has 4 nitrogen and oxygen atoms in total. The maximum Gasteiger partial charge on any atom is 0.337 e. The van der Waals surface area contributed by atoms with E-state index in [0.717, 1.165) is 11.3 Å². The molecule has 0 aromatic heterocycles. The molecule has 2 aromatic rings. The minimum Gasteiger partial charge on any atom is -0.465 e. The van der Waals surface area contributed by atoms with Gasteiger partial charge in [0.2, 0.25) is 5.91 Å². The summed E-state index contributed by atoms with van der Waals surface area (Å²) in [5.41, 5.74) is 2.65. The van der Waals surface area contributed by atoms with Gasteiger partial charge in [-0.05, 0) is 30.2 Å². The molecule has 2 aromatic carbocycles. The van der Waals surface area contributed by atoms with Crippen LogP contribution in [0.4, 0.5) is 0 Å². The largest absolute Gasteiger partial charge is 0.465 e. The Morgan fingerprint density at radius 2 is 1.71 bits per heavy atom. The third-order valence-electron chi connectivity index (χ3n) is 3.55. The molecule has 5 heteroatoms. The van der Waals surface area contributed by atoms with E-state index in [1.165, 1.54) is 12.7 Å². The minimum atomic E-state index is -0.364. The number of carbonyl (C=O) groups is 2. The van der Waals surface area contributed by atoms with Crippen molar-refractivity contribution in [3.63, 3.8) is 0 Å². The van der Waals surface area contributed by atoms with Gasteiger partial charge in [0.1, 0.15) is 0 Å². The Morgan fingerprint density at radius 3 is 2.33 bits per heavy atom. The minimum absolute atomic E-state index is 0.00738. The van der Waals surface area contributed by atoms with Gasteiger partial charge in [-0.3, -0.25) is 4.79 Å². The molecule has 0 aliphatic rings. The van der Waals surface area contributed by atoms with Crippen molar-refractivity contribution in [2.24, 2.45) is 0 Å². The molecule has 0 bridgehead atoms. The molecule has 1 amide bonds. The molecule has 1 N–H and O–H groups in total. The van der Waals surface area contributed by atoms with Crippen molar-refractivity contribution in [1.29, 1.82) is 0 Å². The molecule has 0 saturated carbocycles. The Hall–Kier alpha value is -2.27. The van der Waals surface area contributed by atoms with Crippen LogP contribution in [0.5, 0.6) is 0 Å². The van der Waals surface area contributed by atoms with Gasteiger partial charge in [-0.15, -0.1) is 11.8 Å². The first-order chi connectivity index (χ1) is 11.6. The standard InChI is InChI=1S/C19H21NO3S/c1-14(24-13-16-6-4-3-5-7-16)18(21)20-12-15-8-10-17(11-9-15)19(22)23-2/h3-11,14H,12-13H2,1-2H3,(H,20,21). The molecule has 0 saturated heterocycles. The summed E-state index contributed by atoms with van der Waals surface area (Å²) >= 11 is 1.61. The van der Waals surface area contributed by atoms with E-state index < -0.39 is 0 Å². The summed E-state index contributed by atoms with van der Waals surface area (Å²) in [6, 6.07) is 17.1. The monoisotopic (exact) mass is 343 g/mol. The summed E-state index contributed by atoms with van der Waals surface area (Å²) < 4.78 is 4.66. The fourth-order valence-corrected chi connectivity index (χ4v) is 2.95. The number of benzene rings is 2. The summed E-state index contributed by atoms with van der Waals surface area (Å²) in [5, 5.41) is 2.80. The molecule has 1 unspecified atom stereocenters. The zero-order valence-corrected chi connectivity index (χ0v) is 14.6. The predicted molar refractivity (Wildman–Crippen MR) is 96.8 cm³/mol. The second-order valence-electron chi connectivity index (χ2n) is 5.35. The van der Waals surface area contributed by atoms with E-state index in [1.54, 1.807) is 23.9 Å². The number of nitrogens with one attached hydrogen (secondary N) is 1. The maximum absolute atomic E-state index is 12.2. The van der Waals surface area contributed by atoms with Crippen LogP contribution in [0.3, 0.4) is 0 Å². The van der Waals surface area contributed by atoms with Crippen LogP contribution in [0.1, 0.15) is 28.4 Å². The Bertz CT molecular complexity index is 671. The van der Waals surface area contributed by atoms with Gasteiger partial charge >= 0.3 is 5.97 Å². The van der Waals surface area contributed by atoms with E-state index >= 15 is 0 Å². The molecule has 0 heterocycles. The number of ether oxygens (including phenoxy) is 1. The normalized spacial score (nSPS) is 11.6. The topological polar surface area (TPSA) is 55.4 Å².